The van der Waals surface area contributed by atoms with Crippen molar-refractivity contribution < 1.29 is 22.5 Å². The molecule has 5 nitrogen and oxygen atoms in total. The summed E-state index contributed by atoms with van der Waals surface area (Å²) in [5.74, 6) is -0.353. The monoisotopic (exact) mass is 529 g/mol. The van der Waals surface area contributed by atoms with E-state index in [4.69, 9.17) is 4.74 Å². The third kappa shape index (κ3) is 4.37. The minimum atomic E-state index is -4.52. The van der Waals surface area contributed by atoms with E-state index in [1.807, 2.05) is 0 Å². The third-order valence-corrected chi connectivity index (χ3v) is 4.87. The lowest BCUT2D eigenvalue weighted by atomic mass is 10.2. The molecule has 0 aliphatic rings. The highest BCUT2D eigenvalue weighted by molar-refractivity contribution is 14.1. The highest BCUT2D eigenvalue weighted by atomic mass is 127. The summed E-state index contributed by atoms with van der Waals surface area (Å²) in [5, 5.41) is 0. The van der Waals surface area contributed by atoms with Crippen LogP contribution in [0.1, 0.15) is 10.4 Å². The maximum atomic E-state index is 12.0. The second-order valence-electron chi connectivity index (χ2n) is 3.94. The smallest absolute Gasteiger partial charge is 0.343 e. The number of hydrogen-bond acceptors (Lipinski definition) is 5. The van der Waals surface area contributed by atoms with Crippen LogP contribution in [0.4, 0.5) is 0 Å². The molecule has 0 spiro atoms. The Morgan fingerprint density at radius 3 is 2.19 bits per heavy atom. The zero-order chi connectivity index (χ0) is 15.6. The molecule has 0 saturated heterocycles. The highest BCUT2D eigenvalue weighted by Crippen LogP contribution is 2.25. The van der Waals surface area contributed by atoms with E-state index in [-0.39, 0.29) is 10.6 Å². The summed E-state index contributed by atoms with van der Waals surface area (Å²) in [4.78, 5) is 11.6. The molecule has 2 rings (SSSR count). The van der Waals surface area contributed by atoms with E-state index < -0.39 is 16.1 Å². The Kier molecular flexibility index (Phi) is 5.22. The number of benzene rings is 2. The molecule has 0 saturated carbocycles. The number of ether oxygens (including phenoxy) is 1. The van der Waals surface area contributed by atoms with Gasteiger partial charge in [0.25, 0.3) is 0 Å². The van der Waals surface area contributed by atoms with E-state index >= 15 is 0 Å². The van der Waals surface area contributed by atoms with Crippen molar-refractivity contribution in [1.82, 2.24) is 0 Å². The van der Waals surface area contributed by atoms with E-state index in [1.54, 1.807) is 46.9 Å². The lowest BCUT2D eigenvalue weighted by molar-refractivity contribution is 0.0733. The number of esters is 1. The Hall–Kier alpha value is -0.720. The number of halogens is 2. The molecule has 0 radical (unpaired) electrons. The second kappa shape index (κ2) is 6.58. The molecule has 8 heteroatoms. The average molecular weight is 529 g/mol. The molecule has 0 bridgehead atoms. The van der Waals surface area contributed by atoms with E-state index in [0.717, 1.165) is 9.64 Å². The molecule has 110 valence electrons. The van der Waals surface area contributed by atoms with Crippen molar-refractivity contribution >= 4 is 61.3 Å². The van der Waals surface area contributed by atoms with Crippen LogP contribution in [0.15, 0.2) is 47.4 Å². The van der Waals surface area contributed by atoms with Crippen molar-refractivity contribution in [1.29, 1.82) is 0 Å². The van der Waals surface area contributed by atoms with Crippen LogP contribution in [0.5, 0.6) is 5.75 Å². The predicted molar refractivity (Wildman–Crippen MR) is 91.2 cm³/mol. The lowest BCUT2D eigenvalue weighted by Crippen LogP contribution is -2.09. The summed E-state index contributed by atoms with van der Waals surface area (Å²) < 4.78 is 39.3. The minimum absolute atomic E-state index is 0.201. The molecule has 0 heterocycles. The fourth-order valence-electron chi connectivity index (χ4n) is 1.46. The molecule has 2 aromatic carbocycles. The van der Waals surface area contributed by atoms with Crippen LogP contribution in [0, 0.1) is 7.14 Å². The van der Waals surface area contributed by atoms with Crippen molar-refractivity contribution in [2.75, 3.05) is 0 Å². The molecule has 0 aliphatic carbocycles. The standard InChI is InChI=1S/C13H8I2O5S/c14-9-3-1-8(2-4-9)13(16)20-12-6-5-10(7-11(12)15)21(17,18)19/h1-7H,(H,17,18,19)/p-1. The molecule has 0 atom stereocenters. The van der Waals surface area contributed by atoms with E-state index in [9.17, 15) is 17.8 Å². The van der Waals surface area contributed by atoms with Crippen LogP contribution in [0.25, 0.3) is 0 Å². The Morgan fingerprint density at radius 2 is 1.67 bits per heavy atom. The largest absolute Gasteiger partial charge is 0.744 e. The molecule has 0 amide bonds. The van der Waals surface area contributed by atoms with Gasteiger partial charge in [-0.1, -0.05) is 0 Å². The normalized spacial score (nSPS) is 11.2. The first-order chi connectivity index (χ1) is 9.77. The lowest BCUT2D eigenvalue weighted by Gasteiger charge is -2.10. The summed E-state index contributed by atoms with van der Waals surface area (Å²) in [5.41, 5.74) is 0.381. The van der Waals surface area contributed by atoms with Crippen molar-refractivity contribution in [2.24, 2.45) is 0 Å². The number of hydrogen-bond donors (Lipinski definition) is 0. The summed E-state index contributed by atoms with van der Waals surface area (Å²) in [6, 6.07) is 10.4. The maximum Gasteiger partial charge on any atom is 0.343 e. The molecular formula is C13H7I2O5S-. The van der Waals surface area contributed by atoms with Gasteiger partial charge in [-0.2, -0.15) is 0 Å². The Morgan fingerprint density at radius 1 is 1.05 bits per heavy atom. The molecule has 0 aliphatic heterocycles. The minimum Gasteiger partial charge on any atom is -0.744 e. The first-order valence-electron chi connectivity index (χ1n) is 5.50. The summed E-state index contributed by atoms with van der Waals surface area (Å²) in [6.07, 6.45) is 0. The molecule has 0 fully saturated rings. The van der Waals surface area contributed by atoms with Crippen molar-refractivity contribution in [2.45, 2.75) is 4.90 Å². The predicted octanol–water partition coefficient (Wildman–Crippen LogP) is 3.02. The van der Waals surface area contributed by atoms with Crippen LogP contribution < -0.4 is 4.74 Å². The molecule has 0 aromatic heterocycles. The van der Waals surface area contributed by atoms with Gasteiger partial charge in [0.15, 0.2) is 0 Å². The van der Waals surface area contributed by atoms with Gasteiger partial charge in [0.1, 0.15) is 15.9 Å². The summed E-state index contributed by atoms with van der Waals surface area (Å²) in [7, 11) is -4.52. The van der Waals surface area contributed by atoms with E-state index in [2.05, 4.69) is 22.6 Å². The molecular weight excluding hydrogens is 522 g/mol. The van der Waals surface area contributed by atoms with Gasteiger partial charge in [-0.05, 0) is 87.6 Å². The van der Waals surface area contributed by atoms with Crippen molar-refractivity contribution in [3.63, 3.8) is 0 Å². The Labute approximate surface area is 148 Å². The zero-order valence-corrected chi connectivity index (χ0v) is 15.4. The van der Waals surface area contributed by atoms with Crippen LogP contribution in [-0.4, -0.2) is 18.9 Å². The van der Waals surface area contributed by atoms with Gasteiger partial charge in [-0.25, -0.2) is 13.2 Å². The quantitative estimate of drug-likeness (QED) is 0.265. The Bertz CT molecular complexity index is 785. The fraction of sp³-hybridized carbons (Fsp3) is 0. The van der Waals surface area contributed by atoms with Crippen molar-refractivity contribution in [3.05, 3.63) is 55.2 Å². The van der Waals surface area contributed by atoms with Gasteiger partial charge < -0.3 is 9.29 Å². The van der Waals surface area contributed by atoms with E-state index in [0.29, 0.717) is 9.13 Å². The fourth-order valence-corrected chi connectivity index (χ4v) is 3.16. The van der Waals surface area contributed by atoms with Crippen LogP contribution in [0.3, 0.4) is 0 Å². The van der Waals surface area contributed by atoms with Crippen molar-refractivity contribution in [3.8, 4) is 5.75 Å². The Balaban J connectivity index is 2.24. The van der Waals surface area contributed by atoms with Crippen LogP contribution in [0.2, 0.25) is 0 Å². The summed E-state index contributed by atoms with van der Waals surface area (Å²) in [6.45, 7) is 0. The molecule has 0 unspecified atom stereocenters. The molecule has 21 heavy (non-hydrogen) atoms. The number of rotatable bonds is 3. The van der Waals surface area contributed by atoms with Gasteiger partial charge >= 0.3 is 5.97 Å². The topological polar surface area (TPSA) is 83.5 Å². The van der Waals surface area contributed by atoms with Gasteiger partial charge in [-0.3, -0.25) is 0 Å². The second-order valence-corrected chi connectivity index (χ2v) is 7.73. The van der Waals surface area contributed by atoms with E-state index in [1.165, 1.54) is 12.1 Å². The van der Waals surface area contributed by atoms with Gasteiger partial charge in [0, 0.05) is 3.57 Å². The SMILES string of the molecule is O=C(Oc1ccc(S(=O)(=O)[O-])cc1I)c1ccc(I)cc1. The van der Waals surface area contributed by atoms with Crippen LogP contribution >= 0.6 is 45.2 Å². The average Bonchev–Trinajstić information content (AvgIpc) is 2.40. The van der Waals surface area contributed by atoms with Crippen LogP contribution in [-0.2, 0) is 10.1 Å². The highest BCUT2D eigenvalue weighted by Gasteiger charge is 2.12. The number of carbonyl (C=O) groups excluding carboxylic acids is 1. The number of carbonyl (C=O) groups is 1. The van der Waals surface area contributed by atoms with Gasteiger partial charge in [0.05, 0.1) is 14.0 Å². The van der Waals surface area contributed by atoms with Gasteiger partial charge in [0.2, 0.25) is 0 Å². The first-order valence-corrected chi connectivity index (χ1v) is 9.07. The van der Waals surface area contributed by atoms with Gasteiger partial charge in [-0.15, -0.1) is 0 Å². The zero-order valence-electron chi connectivity index (χ0n) is 10.2. The maximum absolute atomic E-state index is 12.0. The summed E-state index contributed by atoms with van der Waals surface area (Å²) >= 11 is 3.92. The third-order valence-electron chi connectivity index (χ3n) is 2.47. The first kappa shape index (κ1) is 16.6. The molecule has 2 aromatic rings. The molecule has 0 N–H and O–H groups in total.